The maximum Gasteiger partial charge on any atom is 0.336 e. The van der Waals surface area contributed by atoms with E-state index in [1.807, 2.05) is 0 Å². The number of benzene rings is 1. The van der Waals surface area contributed by atoms with Crippen molar-refractivity contribution in [3.63, 3.8) is 0 Å². The standard InChI is InChI=1S/C18H20N2O5/c1-11-8-12(2)15(10-14(11)18(22)23)20-17(21)13-4-5-19-16(9-13)25-7-6-24-3/h4-5,8-10H,6-7H2,1-3H3,(H,20,21)(H,22,23). The molecule has 0 atom stereocenters. The second-order valence-corrected chi connectivity index (χ2v) is 5.47. The van der Waals surface area contributed by atoms with Gasteiger partial charge in [-0.15, -0.1) is 0 Å². The minimum absolute atomic E-state index is 0.152. The van der Waals surface area contributed by atoms with Gasteiger partial charge in [0.25, 0.3) is 5.91 Å². The molecule has 0 aliphatic carbocycles. The Morgan fingerprint density at radius 2 is 1.92 bits per heavy atom. The van der Waals surface area contributed by atoms with Gasteiger partial charge < -0.3 is 19.9 Å². The molecule has 2 rings (SSSR count). The van der Waals surface area contributed by atoms with Crippen molar-refractivity contribution in [3.05, 3.63) is 52.7 Å². The van der Waals surface area contributed by atoms with Crippen LogP contribution in [-0.4, -0.2) is 42.3 Å². The normalized spacial score (nSPS) is 10.4. The Morgan fingerprint density at radius 3 is 2.60 bits per heavy atom. The number of hydrogen-bond donors (Lipinski definition) is 2. The molecule has 7 heteroatoms. The highest BCUT2D eigenvalue weighted by atomic mass is 16.5. The van der Waals surface area contributed by atoms with Crippen LogP contribution < -0.4 is 10.1 Å². The molecule has 2 N–H and O–H groups in total. The van der Waals surface area contributed by atoms with E-state index >= 15 is 0 Å². The third-order valence-corrected chi connectivity index (χ3v) is 3.58. The summed E-state index contributed by atoms with van der Waals surface area (Å²) in [6.45, 7) is 4.26. The quantitative estimate of drug-likeness (QED) is 0.750. The fraction of sp³-hybridized carbons (Fsp3) is 0.278. The molecule has 0 aliphatic rings. The predicted octanol–water partition coefficient (Wildman–Crippen LogP) is 2.67. The predicted molar refractivity (Wildman–Crippen MR) is 92.4 cm³/mol. The zero-order valence-electron chi connectivity index (χ0n) is 14.3. The maximum absolute atomic E-state index is 12.4. The molecule has 0 aliphatic heterocycles. The lowest BCUT2D eigenvalue weighted by Gasteiger charge is -2.12. The maximum atomic E-state index is 12.4. The zero-order valence-corrected chi connectivity index (χ0v) is 14.3. The number of aryl methyl sites for hydroxylation is 2. The summed E-state index contributed by atoms with van der Waals surface area (Å²) in [6.07, 6.45) is 1.47. The average molecular weight is 344 g/mol. The van der Waals surface area contributed by atoms with E-state index in [4.69, 9.17) is 9.47 Å². The first-order valence-electron chi connectivity index (χ1n) is 7.66. The van der Waals surface area contributed by atoms with Crippen molar-refractivity contribution in [2.75, 3.05) is 25.6 Å². The van der Waals surface area contributed by atoms with Gasteiger partial charge in [-0.25, -0.2) is 9.78 Å². The highest BCUT2D eigenvalue weighted by molar-refractivity contribution is 6.05. The smallest absolute Gasteiger partial charge is 0.336 e. The number of carboxylic acids is 1. The van der Waals surface area contributed by atoms with Crippen LogP contribution in [-0.2, 0) is 4.74 Å². The van der Waals surface area contributed by atoms with Crippen molar-refractivity contribution in [3.8, 4) is 5.88 Å². The van der Waals surface area contributed by atoms with Gasteiger partial charge in [-0.3, -0.25) is 4.79 Å². The van der Waals surface area contributed by atoms with E-state index in [1.165, 1.54) is 18.3 Å². The van der Waals surface area contributed by atoms with Crippen LogP contribution in [0, 0.1) is 13.8 Å². The molecule has 1 heterocycles. The van der Waals surface area contributed by atoms with Crippen molar-refractivity contribution >= 4 is 17.6 Å². The van der Waals surface area contributed by atoms with Gasteiger partial charge in [-0.05, 0) is 37.1 Å². The van der Waals surface area contributed by atoms with Crippen LogP contribution in [0.5, 0.6) is 5.88 Å². The molecule has 0 fully saturated rings. The third-order valence-electron chi connectivity index (χ3n) is 3.58. The molecule has 2 aromatic rings. The number of aromatic carboxylic acids is 1. The Morgan fingerprint density at radius 1 is 1.16 bits per heavy atom. The summed E-state index contributed by atoms with van der Waals surface area (Å²) in [7, 11) is 1.57. The number of anilines is 1. The summed E-state index contributed by atoms with van der Waals surface area (Å²) in [5, 5.41) is 12.0. The first-order valence-corrected chi connectivity index (χ1v) is 7.66. The number of carbonyl (C=O) groups excluding carboxylic acids is 1. The van der Waals surface area contributed by atoms with Gasteiger partial charge in [-0.1, -0.05) is 6.07 Å². The number of nitrogens with one attached hydrogen (secondary N) is 1. The van der Waals surface area contributed by atoms with Gasteiger partial charge >= 0.3 is 5.97 Å². The van der Waals surface area contributed by atoms with Crippen LogP contribution >= 0.6 is 0 Å². The number of pyridine rings is 1. The van der Waals surface area contributed by atoms with E-state index in [0.29, 0.717) is 35.9 Å². The first kappa shape index (κ1) is 18.4. The van der Waals surface area contributed by atoms with Crippen molar-refractivity contribution in [2.45, 2.75) is 13.8 Å². The number of amides is 1. The molecule has 1 aromatic carbocycles. The highest BCUT2D eigenvalue weighted by Gasteiger charge is 2.14. The largest absolute Gasteiger partial charge is 0.478 e. The minimum Gasteiger partial charge on any atom is -0.478 e. The zero-order chi connectivity index (χ0) is 18.4. The number of methoxy groups -OCH3 is 1. The van der Waals surface area contributed by atoms with E-state index in [1.54, 1.807) is 33.1 Å². The number of rotatable bonds is 7. The number of nitrogens with zero attached hydrogens (tertiary/aromatic N) is 1. The summed E-state index contributed by atoms with van der Waals surface area (Å²) < 4.78 is 10.3. The van der Waals surface area contributed by atoms with Crippen molar-refractivity contribution in [1.82, 2.24) is 4.98 Å². The molecule has 0 bridgehead atoms. The number of hydrogen-bond acceptors (Lipinski definition) is 5. The monoisotopic (exact) mass is 344 g/mol. The van der Waals surface area contributed by atoms with Gasteiger partial charge in [0.1, 0.15) is 6.61 Å². The Bertz CT molecular complexity index is 789. The Hall–Kier alpha value is -2.93. The number of ether oxygens (including phenoxy) is 2. The van der Waals surface area contributed by atoms with Crippen molar-refractivity contribution in [1.29, 1.82) is 0 Å². The first-order chi connectivity index (χ1) is 11.9. The van der Waals surface area contributed by atoms with Crippen molar-refractivity contribution in [2.24, 2.45) is 0 Å². The fourth-order valence-corrected chi connectivity index (χ4v) is 2.27. The third kappa shape index (κ3) is 4.77. The van der Waals surface area contributed by atoms with E-state index in [2.05, 4.69) is 10.3 Å². The van der Waals surface area contributed by atoms with E-state index in [-0.39, 0.29) is 11.5 Å². The molecule has 7 nitrogen and oxygen atoms in total. The molecule has 25 heavy (non-hydrogen) atoms. The van der Waals surface area contributed by atoms with Crippen LogP contribution in [0.15, 0.2) is 30.5 Å². The molecule has 0 saturated carbocycles. The van der Waals surface area contributed by atoms with Gasteiger partial charge in [0.05, 0.1) is 12.2 Å². The lowest BCUT2D eigenvalue weighted by Crippen LogP contribution is -2.14. The summed E-state index contributed by atoms with van der Waals surface area (Å²) in [5.41, 5.74) is 2.38. The lowest BCUT2D eigenvalue weighted by atomic mass is 10.0. The average Bonchev–Trinajstić information content (AvgIpc) is 2.57. The number of aromatic nitrogens is 1. The molecular weight excluding hydrogens is 324 g/mol. The molecule has 0 saturated heterocycles. The Balaban J connectivity index is 2.18. The molecule has 0 spiro atoms. The molecule has 1 amide bonds. The van der Waals surface area contributed by atoms with E-state index in [0.717, 1.165) is 5.56 Å². The van der Waals surface area contributed by atoms with Crippen LogP contribution in [0.25, 0.3) is 0 Å². The van der Waals surface area contributed by atoms with Crippen LogP contribution in [0.2, 0.25) is 0 Å². The van der Waals surface area contributed by atoms with Crippen molar-refractivity contribution < 1.29 is 24.2 Å². The summed E-state index contributed by atoms with van der Waals surface area (Å²) in [5.74, 6) is -1.09. The molecular formula is C18H20N2O5. The molecule has 132 valence electrons. The topological polar surface area (TPSA) is 97.8 Å². The second kappa shape index (κ2) is 8.25. The van der Waals surface area contributed by atoms with Crippen LogP contribution in [0.4, 0.5) is 5.69 Å². The summed E-state index contributed by atoms with van der Waals surface area (Å²) >= 11 is 0. The fourth-order valence-electron chi connectivity index (χ4n) is 2.27. The van der Waals surface area contributed by atoms with Gasteiger partial charge in [-0.2, -0.15) is 0 Å². The molecule has 0 radical (unpaired) electrons. The van der Waals surface area contributed by atoms with Gasteiger partial charge in [0, 0.05) is 30.6 Å². The second-order valence-electron chi connectivity index (χ2n) is 5.47. The lowest BCUT2D eigenvalue weighted by molar-refractivity contribution is 0.0695. The summed E-state index contributed by atoms with van der Waals surface area (Å²) in [4.78, 5) is 27.7. The number of carbonyl (C=O) groups is 2. The highest BCUT2D eigenvalue weighted by Crippen LogP contribution is 2.22. The Labute approximate surface area is 145 Å². The van der Waals surface area contributed by atoms with Gasteiger partial charge in [0.15, 0.2) is 0 Å². The van der Waals surface area contributed by atoms with E-state index < -0.39 is 5.97 Å². The molecule has 1 aromatic heterocycles. The van der Waals surface area contributed by atoms with Crippen LogP contribution in [0.3, 0.4) is 0 Å². The van der Waals surface area contributed by atoms with Gasteiger partial charge in [0.2, 0.25) is 5.88 Å². The van der Waals surface area contributed by atoms with E-state index in [9.17, 15) is 14.7 Å². The SMILES string of the molecule is COCCOc1cc(C(=O)Nc2cc(C(=O)O)c(C)cc2C)ccn1. The summed E-state index contributed by atoms with van der Waals surface area (Å²) in [6, 6.07) is 6.26. The molecule has 0 unspecified atom stereocenters. The number of carboxylic acid groups (broad SMARTS) is 1. The minimum atomic E-state index is -1.04. The Kier molecular flexibility index (Phi) is 6.08. The van der Waals surface area contributed by atoms with Crippen LogP contribution in [0.1, 0.15) is 31.8 Å².